The molecule has 5 nitrogen and oxygen atoms in total. The number of rotatable bonds is 6. The Bertz CT molecular complexity index is 3980. The maximum atomic E-state index is 14.4. The van der Waals surface area contributed by atoms with Gasteiger partial charge in [0.2, 0.25) is 0 Å². The highest BCUT2D eigenvalue weighted by molar-refractivity contribution is 6.11. The molecule has 8 aromatic carbocycles. The largest absolute Gasteiger partial charge is 0.416 e. The van der Waals surface area contributed by atoms with Gasteiger partial charge in [-0.2, -0.15) is 26.3 Å². The van der Waals surface area contributed by atoms with E-state index in [2.05, 4.69) is 160 Å². The number of benzene rings is 8. The lowest BCUT2D eigenvalue weighted by Crippen LogP contribution is -2.17. The fourth-order valence-electron chi connectivity index (χ4n) is 10.8. The molecule has 3 heterocycles. The highest BCUT2D eigenvalue weighted by Gasteiger charge is 2.34. The Morgan fingerprint density at radius 1 is 0.287 bits per heavy atom. The lowest BCUT2D eigenvalue weighted by Gasteiger charge is -2.26. The van der Waals surface area contributed by atoms with Gasteiger partial charge in [0.25, 0.3) is 0 Å². The zero-order valence-corrected chi connectivity index (χ0v) is 47.1. The van der Waals surface area contributed by atoms with Crippen LogP contribution in [-0.4, -0.2) is 24.1 Å². The second kappa shape index (κ2) is 18.8. The minimum atomic E-state index is -4.74. The zero-order chi connectivity index (χ0) is 57.2. The van der Waals surface area contributed by atoms with Crippen molar-refractivity contribution in [3.63, 3.8) is 0 Å². The van der Waals surface area contributed by atoms with Crippen LogP contribution in [-0.2, 0) is 34.0 Å². The van der Waals surface area contributed by atoms with Crippen LogP contribution in [0.1, 0.15) is 116 Å². The molecule has 0 amide bonds. The van der Waals surface area contributed by atoms with E-state index in [0.717, 1.165) is 85.1 Å². The van der Waals surface area contributed by atoms with Gasteiger partial charge in [-0.1, -0.05) is 156 Å². The van der Waals surface area contributed by atoms with E-state index in [1.807, 2.05) is 54.6 Å². The number of alkyl halides is 6. The number of fused-ring (bicyclic) bond motifs is 6. The molecule has 3 aromatic heterocycles. The van der Waals surface area contributed by atoms with Gasteiger partial charge in [-0.3, -0.25) is 0 Å². The summed E-state index contributed by atoms with van der Waals surface area (Å²) in [5.74, 6) is 1.37. The maximum Gasteiger partial charge on any atom is 0.416 e. The van der Waals surface area contributed by atoms with Gasteiger partial charge in [-0.25, -0.2) is 15.0 Å². The molecule has 0 radical (unpaired) electrons. The average Bonchev–Trinajstić information content (AvgIpc) is 4.14. The second-order valence-electron chi connectivity index (χ2n) is 25.3. The van der Waals surface area contributed by atoms with E-state index in [1.54, 1.807) is 4.57 Å². The highest BCUT2D eigenvalue weighted by Crippen LogP contribution is 2.45. The number of nitrogens with zero attached hydrogens (tertiary/aromatic N) is 5. The molecule has 11 aromatic rings. The van der Waals surface area contributed by atoms with E-state index in [0.29, 0.717) is 50.9 Å². The molecule has 0 bridgehead atoms. The average molecular weight is 1080 g/mol. The summed E-state index contributed by atoms with van der Waals surface area (Å²) in [6, 6.07) is 49.9. The number of hydrogen-bond acceptors (Lipinski definition) is 3. The van der Waals surface area contributed by atoms with Crippen LogP contribution in [0.5, 0.6) is 0 Å². The fourth-order valence-corrected chi connectivity index (χ4v) is 10.8. The monoisotopic (exact) mass is 1080 g/mol. The standard InChI is InChI=1S/C69H63F6N5/c1-64(2,3)45-31-41(32-46(36-45)65(4,5)6)61-76-62(42-33-47(66(7,8)9)37-48(34-42)67(10,11)12)78-63(77-61)54-35-40(25-28-60(54)80-56-23-17-14-20-50(56)51-21-15-18-24-57(51)80)49-19-13-16-22-55(49)79-58-29-26-43(68(70,71)72)38-52(58)53-39-44(69(73,74)75)27-30-59(53)79/h13-39H,1-12H3. The first-order valence-corrected chi connectivity index (χ1v) is 27.0. The van der Waals surface area contributed by atoms with Crippen molar-refractivity contribution in [2.24, 2.45) is 0 Å². The number of aromatic nitrogens is 5. The quantitative estimate of drug-likeness (QED) is 0.156. The van der Waals surface area contributed by atoms with Crippen molar-refractivity contribution in [2.75, 3.05) is 0 Å². The third-order valence-corrected chi connectivity index (χ3v) is 15.4. The summed E-state index contributed by atoms with van der Waals surface area (Å²) in [6.45, 7) is 26.4. The second-order valence-corrected chi connectivity index (χ2v) is 25.3. The first-order chi connectivity index (χ1) is 37.4. The Labute approximate surface area is 463 Å². The summed E-state index contributed by atoms with van der Waals surface area (Å²) >= 11 is 0. The van der Waals surface area contributed by atoms with Crippen molar-refractivity contribution in [1.29, 1.82) is 0 Å². The van der Waals surface area contributed by atoms with Crippen LogP contribution < -0.4 is 0 Å². The molecule has 0 unspecified atom stereocenters. The molecular weight excluding hydrogens is 1010 g/mol. The fraction of sp³-hybridized carbons (Fsp3) is 0.261. The molecule has 0 N–H and O–H groups in total. The topological polar surface area (TPSA) is 48.5 Å². The number of hydrogen-bond donors (Lipinski definition) is 0. The van der Waals surface area contributed by atoms with E-state index in [1.165, 1.54) is 12.1 Å². The molecule has 0 aliphatic carbocycles. The molecule has 0 saturated heterocycles. The Balaban J connectivity index is 1.25. The smallest absolute Gasteiger partial charge is 0.309 e. The summed E-state index contributed by atoms with van der Waals surface area (Å²) in [7, 11) is 0. The van der Waals surface area contributed by atoms with Gasteiger partial charge < -0.3 is 9.13 Å². The third-order valence-electron chi connectivity index (χ3n) is 15.4. The molecule has 0 fully saturated rings. The van der Waals surface area contributed by atoms with Crippen LogP contribution in [0.15, 0.2) is 164 Å². The van der Waals surface area contributed by atoms with E-state index < -0.39 is 23.5 Å². The summed E-state index contributed by atoms with van der Waals surface area (Å²) in [6.07, 6.45) is -9.47. The highest BCUT2D eigenvalue weighted by atomic mass is 19.4. The summed E-state index contributed by atoms with van der Waals surface area (Å²) in [4.78, 5) is 16.5. The van der Waals surface area contributed by atoms with Gasteiger partial charge >= 0.3 is 12.4 Å². The number of para-hydroxylation sites is 3. The van der Waals surface area contributed by atoms with E-state index in [-0.39, 0.29) is 32.4 Å². The Kier molecular flexibility index (Phi) is 12.7. The van der Waals surface area contributed by atoms with Crippen LogP contribution in [0.4, 0.5) is 26.3 Å². The van der Waals surface area contributed by atoms with Gasteiger partial charge in [0.05, 0.1) is 44.6 Å². The minimum Gasteiger partial charge on any atom is -0.309 e. The third kappa shape index (κ3) is 9.83. The van der Waals surface area contributed by atoms with Crippen molar-refractivity contribution >= 4 is 43.6 Å². The van der Waals surface area contributed by atoms with Crippen molar-refractivity contribution in [3.05, 3.63) is 197 Å². The summed E-state index contributed by atoms with van der Waals surface area (Å²) in [5, 5.41) is 2.19. The van der Waals surface area contributed by atoms with Gasteiger partial charge in [-0.05, 0) is 140 Å². The van der Waals surface area contributed by atoms with Crippen LogP contribution in [0.2, 0.25) is 0 Å². The maximum absolute atomic E-state index is 14.4. The molecule has 0 aliphatic heterocycles. The SMILES string of the molecule is CC(C)(C)c1cc(-c2nc(-c3cc(C(C)(C)C)cc(C(C)(C)C)c3)nc(-c3cc(-c4ccccc4-n4c5ccc(C(F)(F)F)cc5c5cc(C(F)(F)F)ccc54)ccc3-n3c4ccccc4c4ccccc43)n2)cc(C(C)(C)C)c1. The van der Waals surface area contributed by atoms with Crippen LogP contribution in [0.3, 0.4) is 0 Å². The van der Waals surface area contributed by atoms with Gasteiger partial charge in [0.15, 0.2) is 17.5 Å². The van der Waals surface area contributed by atoms with Crippen molar-refractivity contribution in [3.8, 4) is 56.7 Å². The lowest BCUT2D eigenvalue weighted by molar-refractivity contribution is -0.138. The van der Waals surface area contributed by atoms with Crippen molar-refractivity contribution < 1.29 is 26.3 Å². The predicted molar refractivity (Wildman–Crippen MR) is 315 cm³/mol. The Morgan fingerprint density at radius 3 is 1.06 bits per heavy atom. The predicted octanol–water partition coefficient (Wildman–Crippen LogP) is 20.0. The number of halogens is 6. The van der Waals surface area contributed by atoms with Gasteiger partial charge in [-0.15, -0.1) is 0 Å². The molecular formula is C69H63F6N5. The zero-order valence-electron chi connectivity index (χ0n) is 47.1. The van der Waals surface area contributed by atoms with Crippen molar-refractivity contribution in [1.82, 2.24) is 24.1 Å². The molecule has 11 heteroatoms. The van der Waals surface area contributed by atoms with Gasteiger partial charge in [0, 0.05) is 43.8 Å². The molecule has 11 rings (SSSR count). The van der Waals surface area contributed by atoms with Crippen LogP contribution >= 0.6 is 0 Å². The van der Waals surface area contributed by atoms with Crippen LogP contribution in [0.25, 0.3) is 100 Å². The molecule has 406 valence electrons. The lowest BCUT2D eigenvalue weighted by atomic mass is 9.79. The van der Waals surface area contributed by atoms with E-state index >= 15 is 0 Å². The Hall–Kier alpha value is -8.05. The normalized spacial score (nSPS) is 13.1. The van der Waals surface area contributed by atoms with Crippen molar-refractivity contribution in [2.45, 2.75) is 117 Å². The summed E-state index contributed by atoms with van der Waals surface area (Å²) in [5.41, 5.74) is 9.27. The van der Waals surface area contributed by atoms with E-state index in [9.17, 15) is 26.3 Å². The molecule has 0 atom stereocenters. The molecule has 0 spiro atoms. The molecule has 80 heavy (non-hydrogen) atoms. The molecule has 0 aliphatic rings. The Morgan fingerprint density at radius 2 is 0.650 bits per heavy atom. The van der Waals surface area contributed by atoms with Crippen LogP contribution in [0, 0.1) is 0 Å². The molecule has 0 saturated carbocycles. The first-order valence-electron chi connectivity index (χ1n) is 27.0. The first kappa shape index (κ1) is 53.9. The summed E-state index contributed by atoms with van der Waals surface area (Å²) < 4.78 is 90.3. The minimum absolute atomic E-state index is 0.0404. The van der Waals surface area contributed by atoms with E-state index in [4.69, 9.17) is 15.0 Å². The van der Waals surface area contributed by atoms with Gasteiger partial charge in [0.1, 0.15) is 0 Å².